The highest BCUT2D eigenvalue weighted by molar-refractivity contribution is 7.10. The Kier molecular flexibility index (Phi) is 4.95. The van der Waals surface area contributed by atoms with Crippen LogP contribution in [0.15, 0.2) is 29.6 Å². The predicted octanol–water partition coefficient (Wildman–Crippen LogP) is 4.53. The number of hydrogen-bond acceptors (Lipinski definition) is 3. The molecule has 0 radical (unpaired) electrons. The van der Waals surface area contributed by atoms with Gasteiger partial charge in [-0.05, 0) is 60.4 Å². The Labute approximate surface area is 148 Å². The van der Waals surface area contributed by atoms with Crippen molar-refractivity contribution >= 4 is 17.2 Å². The van der Waals surface area contributed by atoms with E-state index in [2.05, 4.69) is 43.5 Å². The Hall–Kier alpha value is -1.81. The molecule has 0 aliphatic carbocycles. The fourth-order valence-electron chi connectivity index (χ4n) is 3.04. The molecule has 0 N–H and O–H groups in total. The first kappa shape index (κ1) is 17.0. The zero-order valence-electron chi connectivity index (χ0n) is 14.8. The van der Waals surface area contributed by atoms with Gasteiger partial charge in [0.15, 0.2) is 6.10 Å². The van der Waals surface area contributed by atoms with Crippen molar-refractivity contribution in [2.75, 3.05) is 6.54 Å². The topological polar surface area (TPSA) is 29.5 Å². The van der Waals surface area contributed by atoms with Gasteiger partial charge in [-0.1, -0.05) is 26.0 Å². The van der Waals surface area contributed by atoms with Crippen LogP contribution < -0.4 is 4.74 Å². The molecule has 1 atom stereocenters. The maximum Gasteiger partial charge on any atom is 0.263 e. The summed E-state index contributed by atoms with van der Waals surface area (Å²) in [6, 6.07) is 8.39. The molecule has 1 aliphatic rings. The number of aryl methyl sites for hydroxylation is 1. The molecule has 2 heterocycles. The zero-order valence-corrected chi connectivity index (χ0v) is 15.7. The first-order valence-electron chi connectivity index (χ1n) is 8.57. The lowest BCUT2D eigenvalue weighted by Gasteiger charge is -2.29. The molecular formula is C20H25NO2S. The van der Waals surface area contributed by atoms with Gasteiger partial charge in [0, 0.05) is 18.0 Å². The highest BCUT2D eigenvalue weighted by Gasteiger charge is 2.26. The normalized spacial score (nSPS) is 15.3. The average Bonchev–Trinajstić information content (AvgIpc) is 3.03. The lowest BCUT2D eigenvalue weighted by molar-refractivity contribution is -0.138. The monoisotopic (exact) mass is 343 g/mol. The second-order valence-electron chi connectivity index (χ2n) is 6.82. The van der Waals surface area contributed by atoms with Crippen LogP contribution in [0.25, 0.3) is 0 Å². The number of thiophene rings is 1. The third-order valence-electron chi connectivity index (χ3n) is 4.65. The number of ether oxygens (including phenoxy) is 1. The molecule has 3 rings (SSSR count). The quantitative estimate of drug-likeness (QED) is 0.816. The van der Waals surface area contributed by atoms with Crippen LogP contribution in [0.2, 0.25) is 0 Å². The summed E-state index contributed by atoms with van der Waals surface area (Å²) in [5, 5.41) is 2.11. The van der Waals surface area contributed by atoms with Crippen molar-refractivity contribution in [1.82, 2.24) is 4.90 Å². The number of carbonyl (C=O) groups is 1. The van der Waals surface area contributed by atoms with Crippen molar-refractivity contribution in [2.45, 2.75) is 52.7 Å². The number of nitrogens with zero attached hydrogens (tertiary/aromatic N) is 1. The van der Waals surface area contributed by atoms with Gasteiger partial charge in [0.05, 0.1) is 0 Å². The van der Waals surface area contributed by atoms with Gasteiger partial charge in [-0.2, -0.15) is 0 Å². The molecule has 0 spiro atoms. The van der Waals surface area contributed by atoms with Crippen LogP contribution in [0.5, 0.6) is 5.75 Å². The summed E-state index contributed by atoms with van der Waals surface area (Å²) in [7, 11) is 0. The third kappa shape index (κ3) is 3.48. The number of fused-ring (bicyclic) bond motifs is 1. The largest absolute Gasteiger partial charge is 0.481 e. The molecule has 0 saturated heterocycles. The molecule has 1 aromatic heterocycles. The minimum Gasteiger partial charge on any atom is -0.481 e. The van der Waals surface area contributed by atoms with E-state index in [0.29, 0.717) is 12.5 Å². The molecule has 1 aliphatic heterocycles. The highest BCUT2D eigenvalue weighted by atomic mass is 32.1. The van der Waals surface area contributed by atoms with Crippen molar-refractivity contribution in [1.29, 1.82) is 0 Å². The van der Waals surface area contributed by atoms with E-state index < -0.39 is 6.10 Å². The average molecular weight is 343 g/mol. The Morgan fingerprint density at radius 3 is 2.79 bits per heavy atom. The summed E-state index contributed by atoms with van der Waals surface area (Å²) in [6.45, 7) is 9.69. The van der Waals surface area contributed by atoms with Gasteiger partial charge in [0.2, 0.25) is 0 Å². The number of rotatable bonds is 4. The number of benzene rings is 1. The van der Waals surface area contributed by atoms with E-state index in [1.54, 1.807) is 11.3 Å². The molecule has 0 bridgehead atoms. The second-order valence-corrected chi connectivity index (χ2v) is 7.82. The maximum atomic E-state index is 12.8. The van der Waals surface area contributed by atoms with Gasteiger partial charge >= 0.3 is 0 Å². The summed E-state index contributed by atoms with van der Waals surface area (Å²) >= 11 is 1.79. The van der Waals surface area contributed by atoms with Gasteiger partial charge in [0.1, 0.15) is 5.75 Å². The Morgan fingerprint density at radius 2 is 2.04 bits per heavy atom. The number of carbonyl (C=O) groups excluding carboxylic acids is 1. The Morgan fingerprint density at radius 1 is 1.25 bits per heavy atom. The Bertz CT molecular complexity index is 735. The van der Waals surface area contributed by atoms with E-state index in [-0.39, 0.29) is 5.91 Å². The molecule has 128 valence electrons. The van der Waals surface area contributed by atoms with Crippen LogP contribution in [0, 0.1) is 6.92 Å². The van der Waals surface area contributed by atoms with Crippen molar-refractivity contribution in [3.05, 3.63) is 51.2 Å². The predicted molar refractivity (Wildman–Crippen MR) is 98.8 cm³/mol. The summed E-state index contributed by atoms with van der Waals surface area (Å²) in [4.78, 5) is 16.1. The van der Waals surface area contributed by atoms with Crippen LogP contribution in [0.1, 0.15) is 48.3 Å². The maximum absolute atomic E-state index is 12.8. The standard InChI is InChI=1S/C20H25NO2S/c1-13(2)16-6-5-14(3)18(11-16)23-15(4)20(22)21-9-7-19-17(12-21)8-10-24-19/h5-6,8,10-11,13,15H,7,9,12H2,1-4H3. The molecule has 1 aromatic carbocycles. The SMILES string of the molecule is Cc1ccc(C(C)C)cc1OC(C)C(=O)N1CCc2sccc2C1. The van der Waals surface area contributed by atoms with Crippen molar-refractivity contribution in [2.24, 2.45) is 0 Å². The summed E-state index contributed by atoms with van der Waals surface area (Å²) in [6.07, 6.45) is 0.485. The van der Waals surface area contributed by atoms with Crippen LogP contribution in [0.4, 0.5) is 0 Å². The molecule has 3 nitrogen and oxygen atoms in total. The molecule has 4 heteroatoms. The molecule has 1 amide bonds. The molecule has 2 aromatic rings. The van der Waals surface area contributed by atoms with Crippen LogP contribution in [-0.4, -0.2) is 23.5 Å². The van der Waals surface area contributed by atoms with E-state index in [1.807, 2.05) is 18.7 Å². The molecule has 1 unspecified atom stereocenters. The smallest absolute Gasteiger partial charge is 0.263 e. The second kappa shape index (κ2) is 6.98. The first-order valence-corrected chi connectivity index (χ1v) is 9.45. The zero-order chi connectivity index (χ0) is 17.3. The van der Waals surface area contributed by atoms with E-state index in [9.17, 15) is 4.79 Å². The third-order valence-corrected chi connectivity index (χ3v) is 5.67. The number of amides is 1. The van der Waals surface area contributed by atoms with Gasteiger partial charge in [0.25, 0.3) is 5.91 Å². The summed E-state index contributed by atoms with van der Waals surface area (Å²) < 4.78 is 6.03. The van der Waals surface area contributed by atoms with Gasteiger partial charge in [-0.15, -0.1) is 11.3 Å². The van der Waals surface area contributed by atoms with Crippen molar-refractivity contribution in [3.8, 4) is 5.75 Å². The van der Waals surface area contributed by atoms with Crippen LogP contribution >= 0.6 is 11.3 Å². The van der Waals surface area contributed by atoms with Gasteiger partial charge in [-0.25, -0.2) is 0 Å². The highest BCUT2D eigenvalue weighted by Crippen LogP contribution is 2.27. The van der Waals surface area contributed by atoms with E-state index in [4.69, 9.17) is 4.74 Å². The summed E-state index contributed by atoms with van der Waals surface area (Å²) in [5.74, 6) is 1.33. The lowest BCUT2D eigenvalue weighted by atomic mass is 10.0. The van der Waals surface area contributed by atoms with Gasteiger partial charge < -0.3 is 9.64 Å². The lowest BCUT2D eigenvalue weighted by Crippen LogP contribution is -2.42. The van der Waals surface area contributed by atoms with Crippen molar-refractivity contribution in [3.63, 3.8) is 0 Å². The molecule has 0 saturated carbocycles. The van der Waals surface area contributed by atoms with Crippen molar-refractivity contribution < 1.29 is 9.53 Å². The fraction of sp³-hybridized carbons (Fsp3) is 0.450. The molecule has 0 fully saturated rings. The van der Waals surface area contributed by atoms with E-state index in [1.165, 1.54) is 16.0 Å². The van der Waals surface area contributed by atoms with Crippen LogP contribution in [-0.2, 0) is 17.8 Å². The van der Waals surface area contributed by atoms with E-state index >= 15 is 0 Å². The minimum atomic E-state index is -0.466. The fourth-order valence-corrected chi connectivity index (χ4v) is 3.93. The molecule has 24 heavy (non-hydrogen) atoms. The summed E-state index contributed by atoms with van der Waals surface area (Å²) in [5.41, 5.74) is 3.58. The molecular weight excluding hydrogens is 318 g/mol. The van der Waals surface area contributed by atoms with E-state index in [0.717, 1.165) is 24.3 Å². The Balaban J connectivity index is 1.70. The van der Waals surface area contributed by atoms with Gasteiger partial charge in [-0.3, -0.25) is 4.79 Å². The van der Waals surface area contributed by atoms with Crippen LogP contribution in [0.3, 0.4) is 0 Å². The first-order chi connectivity index (χ1) is 11.5. The number of hydrogen-bond donors (Lipinski definition) is 0. The minimum absolute atomic E-state index is 0.0706.